The Bertz CT molecular complexity index is 708. The maximum atomic E-state index is 12.2. The van der Waals surface area contributed by atoms with Crippen molar-refractivity contribution >= 4 is 5.91 Å². The molecule has 1 aliphatic heterocycles. The molecular formula is C18H24N4O3. The maximum Gasteiger partial charge on any atom is 0.290 e. The lowest BCUT2D eigenvalue weighted by Crippen LogP contribution is -2.24. The van der Waals surface area contributed by atoms with E-state index >= 15 is 0 Å². The molecule has 1 fully saturated rings. The first-order valence-electron chi connectivity index (χ1n) is 8.75. The summed E-state index contributed by atoms with van der Waals surface area (Å²) in [5.74, 6) is 1.42. The summed E-state index contributed by atoms with van der Waals surface area (Å²) in [5.41, 5.74) is 1.56. The van der Waals surface area contributed by atoms with Gasteiger partial charge < -0.3 is 14.6 Å². The smallest absolute Gasteiger partial charge is 0.290 e. The molecule has 0 spiro atoms. The number of ether oxygens (including phenoxy) is 1. The predicted octanol–water partition coefficient (Wildman–Crippen LogP) is 2.49. The summed E-state index contributed by atoms with van der Waals surface area (Å²) < 4.78 is 10.6. The van der Waals surface area contributed by atoms with Crippen LogP contribution in [0.5, 0.6) is 0 Å². The molecule has 2 aromatic rings. The Morgan fingerprint density at radius 3 is 3.04 bits per heavy atom. The van der Waals surface area contributed by atoms with Crippen molar-refractivity contribution in [1.29, 1.82) is 0 Å². The number of aromatic nitrogens is 3. The number of nitrogens with one attached hydrogen (secondary N) is 1. The highest BCUT2D eigenvalue weighted by atomic mass is 16.5. The van der Waals surface area contributed by atoms with Crippen molar-refractivity contribution in [3.8, 4) is 0 Å². The van der Waals surface area contributed by atoms with E-state index in [2.05, 4.69) is 34.3 Å². The van der Waals surface area contributed by atoms with Gasteiger partial charge >= 0.3 is 0 Å². The fourth-order valence-electron chi connectivity index (χ4n) is 2.84. The van der Waals surface area contributed by atoms with Crippen molar-refractivity contribution in [2.24, 2.45) is 5.92 Å². The van der Waals surface area contributed by atoms with Crippen LogP contribution >= 0.6 is 0 Å². The van der Waals surface area contributed by atoms with Crippen LogP contribution in [0.25, 0.3) is 0 Å². The van der Waals surface area contributed by atoms with Crippen LogP contribution in [0.3, 0.4) is 0 Å². The second kappa shape index (κ2) is 8.20. The molecule has 1 atom stereocenters. The Morgan fingerprint density at radius 2 is 2.28 bits per heavy atom. The lowest BCUT2D eigenvalue weighted by Gasteiger charge is -2.20. The molecule has 7 heteroatoms. The summed E-state index contributed by atoms with van der Waals surface area (Å²) in [6.45, 7) is 5.98. The molecule has 0 aromatic carbocycles. The average Bonchev–Trinajstić information content (AvgIpc) is 3.08. The number of carbonyl (C=O) groups is 1. The summed E-state index contributed by atoms with van der Waals surface area (Å²) in [5, 5.41) is 6.75. The van der Waals surface area contributed by atoms with Crippen LogP contribution in [0.15, 0.2) is 22.9 Å². The number of carbonyl (C=O) groups excluding carboxylic acids is 1. The Hall–Kier alpha value is -2.28. The van der Waals surface area contributed by atoms with E-state index in [1.165, 1.54) is 0 Å². The van der Waals surface area contributed by atoms with E-state index in [1.807, 2.05) is 0 Å². The summed E-state index contributed by atoms with van der Waals surface area (Å²) in [6.07, 6.45) is 4.58. The summed E-state index contributed by atoms with van der Waals surface area (Å²) in [6, 6.07) is 3.50. The van der Waals surface area contributed by atoms with E-state index in [-0.39, 0.29) is 17.6 Å². The zero-order valence-corrected chi connectivity index (χ0v) is 14.7. The van der Waals surface area contributed by atoms with Crippen molar-refractivity contribution in [1.82, 2.24) is 20.4 Å². The van der Waals surface area contributed by atoms with Gasteiger partial charge in [-0.05, 0) is 31.2 Å². The van der Waals surface area contributed by atoms with E-state index in [0.29, 0.717) is 19.1 Å². The van der Waals surface area contributed by atoms with Crippen molar-refractivity contribution in [2.45, 2.75) is 45.6 Å². The third kappa shape index (κ3) is 4.85. The van der Waals surface area contributed by atoms with E-state index in [9.17, 15) is 4.79 Å². The molecule has 0 bridgehead atoms. The normalized spacial score (nSPS) is 17.6. The topological polar surface area (TPSA) is 90.1 Å². The second-order valence-electron chi connectivity index (χ2n) is 6.78. The minimum Gasteiger partial charge on any atom is -0.381 e. The molecule has 0 radical (unpaired) electrons. The highest BCUT2D eigenvalue weighted by Crippen LogP contribution is 2.22. The van der Waals surface area contributed by atoms with Gasteiger partial charge in [0.25, 0.3) is 5.91 Å². The molecule has 0 aliphatic carbocycles. The van der Waals surface area contributed by atoms with E-state index in [0.717, 1.165) is 43.1 Å². The van der Waals surface area contributed by atoms with Crippen LogP contribution in [-0.4, -0.2) is 34.2 Å². The van der Waals surface area contributed by atoms with Gasteiger partial charge in [-0.2, -0.15) is 0 Å². The maximum absolute atomic E-state index is 12.2. The Kier molecular flexibility index (Phi) is 5.75. The molecule has 1 saturated heterocycles. The minimum atomic E-state index is -0.288. The number of hydrogen-bond donors (Lipinski definition) is 1. The first-order chi connectivity index (χ1) is 12.1. The molecule has 1 N–H and O–H groups in total. The highest BCUT2D eigenvalue weighted by molar-refractivity contribution is 5.91. The zero-order chi connectivity index (χ0) is 17.6. The Balaban J connectivity index is 1.57. The van der Waals surface area contributed by atoms with Gasteiger partial charge in [0.2, 0.25) is 5.76 Å². The number of nitrogens with zero attached hydrogens (tertiary/aromatic N) is 3. The quantitative estimate of drug-likeness (QED) is 0.866. The molecular weight excluding hydrogens is 320 g/mol. The number of rotatable bonds is 6. The second-order valence-corrected chi connectivity index (χ2v) is 6.78. The fraction of sp³-hybridized carbons (Fsp3) is 0.556. The van der Waals surface area contributed by atoms with Crippen LogP contribution in [0, 0.1) is 5.92 Å². The van der Waals surface area contributed by atoms with Gasteiger partial charge in [-0.3, -0.25) is 4.79 Å². The molecule has 7 nitrogen and oxygen atoms in total. The van der Waals surface area contributed by atoms with Crippen LogP contribution in [0.1, 0.15) is 60.4 Å². The van der Waals surface area contributed by atoms with Crippen LogP contribution in [0.2, 0.25) is 0 Å². The van der Waals surface area contributed by atoms with Gasteiger partial charge in [-0.1, -0.05) is 19.0 Å². The van der Waals surface area contributed by atoms with Crippen LogP contribution in [-0.2, 0) is 17.7 Å². The summed E-state index contributed by atoms with van der Waals surface area (Å²) in [7, 11) is 0. The number of hydrogen-bond acceptors (Lipinski definition) is 6. The Labute approximate surface area is 147 Å². The third-order valence-electron chi connectivity index (χ3n) is 4.09. The SMILES string of the molecule is CC(C)Cc1cc(C(=O)NCc2ccnc(C3CCCOC3)n2)on1. The molecule has 1 aliphatic rings. The first-order valence-corrected chi connectivity index (χ1v) is 8.75. The molecule has 1 unspecified atom stereocenters. The Morgan fingerprint density at radius 1 is 1.40 bits per heavy atom. The molecule has 134 valence electrons. The van der Waals surface area contributed by atoms with Crippen molar-refractivity contribution in [3.05, 3.63) is 41.3 Å². The largest absolute Gasteiger partial charge is 0.381 e. The summed E-state index contributed by atoms with van der Waals surface area (Å²) in [4.78, 5) is 21.1. The molecule has 1 amide bonds. The standard InChI is InChI=1S/C18H24N4O3/c1-12(2)8-15-9-16(25-22-15)18(23)20-10-14-5-6-19-17(21-14)13-4-3-7-24-11-13/h5-6,9,12-13H,3-4,7-8,10-11H2,1-2H3,(H,20,23). The first kappa shape index (κ1) is 17.5. The monoisotopic (exact) mass is 344 g/mol. The van der Waals surface area contributed by atoms with Crippen LogP contribution in [0.4, 0.5) is 0 Å². The van der Waals surface area contributed by atoms with Gasteiger partial charge in [0.05, 0.1) is 24.5 Å². The number of amides is 1. The summed E-state index contributed by atoms with van der Waals surface area (Å²) >= 11 is 0. The van der Waals surface area contributed by atoms with Gasteiger partial charge in [0, 0.05) is 24.8 Å². The molecule has 3 heterocycles. The van der Waals surface area contributed by atoms with E-state index in [4.69, 9.17) is 9.26 Å². The van der Waals surface area contributed by atoms with E-state index in [1.54, 1.807) is 18.3 Å². The van der Waals surface area contributed by atoms with Gasteiger partial charge in [-0.15, -0.1) is 0 Å². The molecule has 3 rings (SSSR count). The van der Waals surface area contributed by atoms with Gasteiger partial charge in [0.1, 0.15) is 5.82 Å². The van der Waals surface area contributed by atoms with Crippen molar-refractivity contribution in [3.63, 3.8) is 0 Å². The lowest BCUT2D eigenvalue weighted by molar-refractivity contribution is 0.0779. The fourth-order valence-corrected chi connectivity index (χ4v) is 2.84. The predicted molar refractivity (Wildman–Crippen MR) is 91.0 cm³/mol. The lowest BCUT2D eigenvalue weighted by atomic mass is 10.0. The molecule has 0 saturated carbocycles. The van der Waals surface area contributed by atoms with Gasteiger partial charge in [0.15, 0.2) is 0 Å². The minimum absolute atomic E-state index is 0.227. The van der Waals surface area contributed by atoms with Crippen LogP contribution < -0.4 is 5.32 Å². The van der Waals surface area contributed by atoms with Crippen molar-refractivity contribution in [2.75, 3.05) is 13.2 Å². The highest BCUT2D eigenvalue weighted by Gasteiger charge is 2.19. The van der Waals surface area contributed by atoms with Gasteiger partial charge in [-0.25, -0.2) is 9.97 Å². The molecule has 25 heavy (non-hydrogen) atoms. The average molecular weight is 344 g/mol. The molecule has 2 aromatic heterocycles. The van der Waals surface area contributed by atoms with E-state index < -0.39 is 0 Å². The zero-order valence-electron chi connectivity index (χ0n) is 14.7. The third-order valence-corrected chi connectivity index (χ3v) is 4.09. The van der Waals surface area contributed by atoms with Crippen molar-refractivity contribution < 1.29 is 14.1 Å².